The minimum absolute atomic E-state index is 0.0598. The van der Waals surface area contributed by atoms with Crippen LogP contribution in [-0.2, 0) is 21.2 Å². The maximum Gasteiger partial charge on any atom is 0.322 e. The van der Waals surface area contributed by atoms with Crippen LogP contribution in [0.25, 0.3) is 0 Å². The molecule has 25 heavy (non-hydrogen) atoms. The number of likely N-dealkylation sites (N-methyl/N-ethyl adjacent to an activating group) is 1. The van der Waals surface area contributed by atoms with Gasteiger partial charge in [0.1, 0.15) is 11.8 Å². The molecule has 0 aliphatic carbocycles. The van der Waals surface area contributed by atoms with Crippen molar-refractivity contribution in [1.29, 1.82) is 0 Å². The van der Waals surface area contributed by atoms with Crippen LogP contribution >= 0.6 is 0 Å². The molecule has 2 aromatic rings. The van der Waals surface area contributed by atoms with Crippen LogP contribution in [0.1, 0.15) is 12.5 Å². The molecule has 0 aliphatic rings. The number of nitrogens with zero attached hydrogens (tertiary/aromatic N) is 1. The number of benzene rings is 2. The lowest BCUT2D eigenvalue weighted by atomic mass is 10.1. The van der Waals surface area contributed by atoms with Crippen molar-refractivity contribution in [2.75, 3.05) is 13.7 Å². The number of hydrogen-bond donors (Lipinski definition) is 1. The molecule has 0 fully saturated rings. The average molecular weight is 363 g/mol. The van der Waals surface area contributed by atoms with E-state index in [1.54, 1.807) is 42.5 Å². The summed E-state index contributed by atoms with van der Waals surface area (Å²) < 4.78 is 31.6. The van der Waals surface area contributed by atoms with E-state index in [1.807, 2.05) is 6.92 Å². The van der Waals surface area contributed by atoms with Gasteiger partial charge in [-0.15, -0.1) is 0 Å². The summed E-state index contributed by atoms with van der Waals surface area (Å²) in [6, 6.07) is 13.5. The van der Waals surface area contributed by atoms with Crippen molar-refractivity contribution < 1.29 is 23.1 Å². The van der Waals surface area contributed by atoms with Crippen molar-refractivity contribution in [3.05, 3.63) is 60.2 Å². The van der Waals surface area contributed by atoms with E-state index in [-0.39, 0.29) is 11.3 Å². The molecule has 0 spiro atoms. The summed E-state index contributed by atoms with van der Waals surface area (Å²) in [6.45, 7) is 2.41. The zero-order valence-corrected chi connectivity index (χ0v) is 14.9. The van der Waals surface area contributed by atoms with Gasteiger partial charge in [-0.05, 0) is 43.2 Å². The van der Waals surface area contributed by atoms with E-state index >= 15 is 0 Å². The third-order valence-corrected chi connectivity index (χ3v) is 5.69. The van der Waals surface area contributed by atoms with Crippen molar-refractivity contribution in [2.45, 2.75) is 24.3 Å². The average Bonchev–Trinajstić information content (AvgIpc) is 2.61. The fourth-order valence-corrected chi connectivity index (χ4v) is 3.74. The Labute approximate surface area is 147 Å². The third-order valence-electron chi connectivity index (χ3n) is 3.81. The smallest absolute Gasteiger partial charge is 0.322 e. The van der Waals surface area contributed by atoms with Crippen LogP contribution < -0.4 is 4.74 Å². The minimum atomic E-state index is -3.89. The SMILES string of the molecule is CCOc1ccc(C[C@H](C(=O)O)N(C)S(=O)(=O)c2ccccc2)cc1. The van der Waals surface area contributed by atoms with Crippen LogP contribution in [0, 0.1) is 0 Å². The standard InChI is InChI=1S/C18H21NO5S/c1-3-24-15-11-9-14(10-12-15)13-17(18(20)21)19(2)25(22,23)16-7-5-4-6-8-16/h4-12,17H,3,13H2,1-2H3,(H,20,21)/t17-/m1/s1. The van der Waals surface area contributed by atoms with Gasteiger partial charge in [0.05, 0.1) is 11.5 Å². The summed E-state index contributed by atoms with van der Waals surface area (Å²) >= 11 is 0. The normalized spacial score (nSPS) is 12.8. The van der Waals surface area contributed by atoms with E-state index in [0.717, 1.165) is 4.31 Å². The van der Waals surface area contributed by atoms with Crippen LogP contribution in [-0.4, -0.2) is 43.5 Å². The Morgan fingerprint density at radius 2 is 1.72 bits per heavy atom. The molecule has 1 N–H and O–H groups in total. The van der Waals surface area contributed by atoms with Gasteiger partial charge in [-0.3, -0.25) is 4.79 Å². The largest absolute Gasteiger partial charge is 0.494 e. The number of carboxylic acids is 1. The second-order valence-corrected chi connectivity index (χ2v) is 7.47. The Morgan fingerprint density at radius 3 is 2.24 bits per heavy atom. The van der Waals surface area contributed by atoms with Gasteiger partial charge >= 0.3 is 5.97 Å². The van der Waals surface area contributed by atoms with Crippen molar-refractivity contribution in [2.24, 2.45) is 0 Å². The van der Waals surface area contributed by atoms with Crippen molar-refractivity contribution in [1.82, 2.24) is 4.31 Å². The molecule has 0 heterocycles. The molecule has 0 bridgehead atoms. The molecule has 2 aromatic carbocycles. The van der Waals surface area contributed by atoms with E-state index in [0.29, 0.717) is 17.9 Å². The zero-order valence-electron chi connectivity index (χ0n) is 14.1. The lowest BCUT2D eigenvalue weighted by molar-refractivity contribution is -0.141. The number of hydrogen-bond acceptors (Lipinski definition) is 4. The van der Waals surface area contributed by atoms with Gasteiger partial charge in [0.25, 0.3) is 0 Å². The number of aliphatic carboxylic acids is 1. The first-order valence-corrected chi connectivity index (χ1v) is 9.28. The lowest BCUT2D eigenvalue weighted by Gasteiger charge is -2.24. The van der Waals surface area contributed by atoms with Crippen LogP contribution in [0.3, 0.4) is 0 Å². The van der Waals surface area contributed by atoms with Crippen LogP contribution in [0.4, 0.5) is 0 Å². The van der Waals surface area contributed by atoms with Gasteiger partial charge in [-0.1, -0.05) is 30.3 Å². The minimum Gasteiger partial charge on any atom is -0.494 e. The van der Waals surface area contributed by atoms with Crippen molar-refractivity contribution in [3.63, 3.8) is 0 Å². The monoisotopic (exact) mass is 363 g/mol. The summed E-state index contributed by atoms with van der Waals surface area (Å²) in [5.41, 5.74) is 0.714. The molecule has 1 atom stereocenters. The summed E-state index contributed by atoms with van der Waals surface area (Å²) in [5.74, 6) is -0.515. The molecular weight excluding hydrogens is 342 g/mol. The van der Waals surface area contributed by atoms with Gasteiger partial charge in [-0.2, -0.15) is 4.31 Å². The van der Waals surface area contributed by atoms with Crippen molar-refractivity contribution >= 4 is 16.0 Å². The molecule has 7 heteroatoms. The molecule has 0 amide bonds. The Balaban J connectivity index is 2.24. The van der Waals surface area contributed by atoms with Crippen LogP contribution in [0.2, 0.25) is 0 Å². The topological polar surface area (TPSA) is 83.9 Å². The highest BCUT2D eigenvalue weighted by Crippen LogP contribution is 2.20. The maximum atomic E-state index is 12.7. The third kappa shape index (κ3) is 4.58. The Kier molecular flexibility index (Phi) is 6.17. The summed E-state index contributed by atoms with van der Waals surface area (Å²) in [5, 5.41) is 9.52. The predicted molar refractivity (Wildman–Crippen MR) is 94.1 cm³/mol. The van der Waals surface area contributed by atoms with Crippen molar-refractivity contribution in [3.8, 4) is 5.75 Å². The maximum absolute atomic E-state index is 12.7. The lowest BCUT2D eigenvalue weighted by Crippen LogP contribution is -2.43. The highest BCUT2D eigenvalue weighted by molar-refractivity contribution is 7.89. The number of rotatable bonds is 8. The second-order valence-electron chi connectivity index (χ2n) is 5.47. The van der Waals surface area contributed by atoms with Crippen LogP contribution in [0.5, 0.6) is 5.75 Å². The van der Waals surface area contributed by atoms with E-state index in [4.69, 9.17) is 4.74 Å². The molecule has 0 aliphatic heterocycles. The quantitative estimate of drug-likeness (QED) is 0.779. The van der Waals surface area contributed by atoms with Gasteiger partial charge in [0.2, 0.25) is 10.0 Å². The number of carbonyl (C=O) groups is 1. The van der Waals surface area contributed by atoms with Crippen LogP contribution in [0.15, 0.2) is 59.5 Å². The number of carboxylic acid groups (broad SMARTS) is 1. The number of sulfonamides is 1. The first-order valence-electron chi connectivity index (χ1n) is 7.84. The Hall–Kier alpha value is -2.38. The summed E-state index contributed by atoms with van der Waals surface area (Å²) in [4.78, 5) is 11.7. The molecular formula is C18H21NO5S. The molecule has 6 nitrogen and oxygen atoms in total. The van der Waals surface area contributed by atoms with E-state index in [1.165, 1.54) is 19.2 Å². The highest BCUT2D eigenvalue weighted by atomic mass is 32.2. The van der Waals surface area contributed by atoms with E-state index in [2.05, 4.69) is 0 Å². The van der Waals surface area contributed by atoms with Gasteiger partial charge in [0.15, 0.2) is 0 Å². The predicted octanol–water partition coefficient (Wildman–Crippen LogP) is 2.40. The number of ether oxygens (including phenoxy) is 1. The zero-order chi connectivity index (χ0) is 18.4. The fraction of sp³-hybridized carbons (Fsp3) is 0.278. The molecule has 0 saturated carbocycles. The van der Waals surface area contributed by atoms with Gasteiger partial charge in [-0.25, -0.2) is 8.42 Å². The first kappa shape index (κ1) is 19.0. The summed E-state index contributed by atoms with van der Waals surface area (Å²) in [7, 11) is -2.60. The Morgan fingerprint density at radius 1 is 1.12 bits per heavy atom. The van der Waals surface area contributed by atoms with Gasteiger partial charge < -0.3 is 9.84 Å². The molecule has 0 unspecified atom stereocenters. The fourth-order valence-electron chi connectivity index (χ4n) is 2.41. The highest BCUT2D eigenvalue weighted by Gasteiger charge is 2.32. The Bertz CT molecular complexity index is 803. The molecule has 134 valence electrons. The molecule has 2 rings (SSSR count). The molecule has 0 radical (unpaired) electrons. The van der Waals surface area contributed by atoms with E-state index in [9.17, 15) is 18.3 Å². The summed E-state index contributed by atoms with van der Waals surface area (Å²) in [6.07, 6.45) is 0.0598. The first-order chi connectivity index (χ1) is 11.9. The molecule has 0 saturated heterocycles. The molecule has 0 aromatic heterocycles. The van der Waals surface area contributed by atoms with Gasteiger partial charge in [0, 0.05) is 7.05 Å². The van der Waals surface area contributed by atoms with E-state index < -0.39 is 22.0 Å². The second kappa shape index (κ2) is 8.13.